The molecule has 0 saturated carbocycles. The molecular formula is C14H19N3O. The summed E-state index contributed by atoms with van der Waals surface area (Å²) < 4.78 is 7.60. The normalized spacial score (nSPS) is 10.7. The van der Waals surface area contributed by atoms with Gasteiger partial charge in [0.2, 0.25) is 0 Å². The van der Waals surface area contributed by atoms with Gasteiger partial charge >= 0.3 is 0 Å². The first kappa shape index (κ1) is 12.5. The minimum atomic E-state index is 0.207. The monoisotopic (exact) mass is 245 g/mol. The summed E-state index contributed by atoms with van der Waals surface area (Å²) in [7, 11) is 1.99. The van der Waals surface area contributed by atoms with Crippen LogP contribution in [0.1, 0.15) is 19.5 Å². The number of ether oxygens (including phenoxy) is 1. The summed E-state index contributed by atoms with van der Waals surface area (Å²) in [5, 5.41) is 3.35. The van der Waals surface area contributed by atoms with Gasteiger partial charge in [-0.15, -0.1) is 0 Å². The van der Waals surface area contributed by atoms with Crippen LogP contribution in [-0.4, -0.2) is 15.7 Å². The number of aromatic nitrogens is 2. The second-order valence-electron chi connectivity index (χ2n) is 4.54. The Morgan fingerprint density at radius 1 is 1.28 bits per heavy atom. The molecule has 2 aromatic rings. The molecular weight excluding hydrogens is 226 g/mol. The summed E-state index contributed by atoms with van der Waals surface area (Å²) in [6.07, 6.45) is 3.87. The maximum absolute atomic E-state index is 5.60. The number of hydrogen-bond donors (Lipinski definition) is 1. The SMILES string of the molecule is CC(C)Oc1ccc(NCc2cncn2C)cc1. The lowest BCUT2D eigenvalue weighted by Gasteiger charge is -2.11. The van der Waals surface area contributed by atoms with Gasteiger partial charge in [0.1, 0.15) is 5.75 Å². The van der Waals surface area contributed by atoms with Gasteiger partial charge in [-0.25, -0.2) is 4.98 Å². The van der Waals surface area contributed by atoms with Crippen LogP contribution in [0.5, 0.6) is 5.75 Å². The third-order valence-corrected chi connectivity index (χ3v) is 2.62. The molecule has 96 valence electrons. The topological polar surface area (TPSA) is 39.1 Å². The number of anilines is 1. The maximum atomic E-state index is 5.60. The fraction of sp³-hybridized carbons (Fsp3) is 0.357. The van der Waals surface area contributed by atoms with Crippen LogP contribution in [0.25, 0.3) is 0 Å². The van der Waals surface area contributed by atoms with Gasteiger partial charge < -0.3 is 14.6 Å². The second kappa shape index (κ2) is 5.58. The number of nitrogens with one attached hydrogen (secondary N) is 1. The third-order valence-electron chi connectivity index (χ3n) is 2.62. The third kappa shape index (κ3) is 3.26. The van der Waals surface area contributed by atoms with Crippen molar-refractivity contribution in [2.45, 2.75) is 26.5 Å². The summed E-state index contributed by atoms with van der Waals surface area (Å²) in [5.41, 5.74) is 2.23. The van der Waals surface area contributed by atoms with Crippen molar-refractivity contribution in [1.82, 2.24) is 9.55 Å². The van der Waals surface area contributed by atoms with Crippen molar-refractivity contribution in [3.05, 3.63) is 42.5 Å². The molecule has 0 amide bonds. The van der Waals surface area contributed by atoms with Gasteiger partial charge in [-0.05, 0) is 38.1 Å². The highest BCUT2D eigenvalue weighted by molar-refractivity contribution is 5.46. The molecule has 0 bridgehead atoms. The number of benzene rings is 1. The molecule has 1 aromatic heterocycles. The fourth-order valence-electron chi connectivity index (χ4n) is 1.67. The highest BCUT2D eigenvalue weighted by Gasteiger charge is 2.00. The van der Waals surface area contributed by atoms with Crippen molar-refractivity contribution in [2.75, 3.05) is 5.32 Å². The van der Waals surface area contributed by atoms with Crippen LogP contribution < -0.4 is 10.1 Å². The second-order valence-corrected chi connectivity index (χ2v) is 4.54. The molecule has 1 heterocycles. The zero-order valence-electron chi connectivity index (χ0n) is 11.1. The Bertz CT molecular complexity index is 488. The smallest absolute Gasteiger partial charge is 0.119 e. The number of aryl methyl sites for hydroxylation is 1. The Hall–Kier alpha value is -1.97. The first-order chi connectivity index (χ1) is 8.65. The van der Waals surface area contributed by atoms with E-state index < -0.39 is 0 Å². The Labute approximate surface area is 108 Å². The van der Waals surface area contributed by atoms with Crippen LogP contribution in [0.15, 0.2) is 36.8 Å². The molecule has 1 N–H and O–H groups in total. The zero-order chi connectivity index (χ0) is 13.0. The van der Waals surface area contributed by atoms with Crippen molar-refractivity contribution >= 4 is 5.69 Å². The van der Waals surface area contributed by atoms with Gasteiger partial charge in [0.15, 0.2) is 0 Å². The molecule has 2 rings (SSSR count). The summed E-state index contributed by atoms with van der Waals surface area (Å²) in [5.74, 6) is 0.899. The van der Waals surface area contributed by atoms with Crippen LogP contribution in [-0.2, 0) is 13.6 Å². The van der Waals surface area contributed by atoms with Crippen molar-refractivity contribution in [2.24, 2.45) is 7.05 Å². The molecule has 0 saturated heterocycles. The molecule has 0 fully saturated rings. The van der Waals surface area contributed by atoms with Crippen molar-refractivity contribution in [3.63, 3.8) is 0 Å². The standard InChI is InChI=1S/C14H19N3O/c1-11(2)18-14-6-4-12(5-7-14)16-9-13-8-15-10-17(13)3/h4-8,10-11,16H,9H2,1-3H3. The lowest BCUT2D eigenvalue weighted by molar-refractivity contribution is 0.242. The largest absolute Gasteiger partial charge is 0.491 e. The summed E-state index contributed by atoms with van der Waals surface area (Å²) >= 11 is 0. The summed E-state index contributed by atoms with van der Waals surface area (Å²) in [6, 6.07) is 8.00. The highest BCUT2D eigenvalue weighted by Crippen LogP contribution is 2.17. The minimum absolute atomic E-state index is 0.207. The van der Waals surface area contributed by atoms with Gasteiger partial charge in [0, 0.05) is 18.9 Å². The lowest BCUT2D eigenvalue weighted by Crippen LogP contribution is -2.06. The number of imidazole rings is 1. The van der Waals surface area contributed by atoms with E-state index in [2.05, 4.69) is 10.3 Å². The molecule has 18 heavy (non-hydrogen) atoms. The van der Waals surface area contributed by atoms with Crippen LogP contribution in [0.4, 0.5) is 5.69 Å². The molecule has 0 atom stereocenters. The van der Waals surface area contributed by atoms with E-state index in [1.165, 1.54) is 0 Å². The average molecular weight is 245 g/mol. The molecule has 0 radical (unpaired) electrons. The Kier molecular flexibility index (Phi) is 3.87. The van der Waals surface area contributed by atoms with Crippen LogP contribution in [0.2, 0.25) is 0 Å². The van der Waals surface area contributed by atoms with E-state index in [1.54, 1.807) is 6.33 Å². The van der Waals surface area contributed by atoms with Crippen LogP contribution >= 0.6 is 0 Å². The van der Waals surface area contributed by atoms with Gasteiger partial charge in [0.05, 0.1) is 24.7 Å². The molecule has 0 aliphatic carbocycles. The van der Waals surface area contributed by atoms with Crippen molar-refractivity contribution < 1.29 is 4.74 Å². The van der Waals surface area contributed by atoms with Crippen molar-refractivity contribution in [1.29, 1.82) is 0 Å². The molecule has 4 nitrogen and oxygen atoms in total. The van der Waals surface area contributed by atoms with Gasteiger partial charge in [-0.3, -0.25) is 0 Å². The number of hydrogen-bond acceptors (Lipinski definition) is 3. The summed E-state index contributed by atoms with van der Waals surface area (Å²) in [4.78, 5) is 4.08. The number of nitrogens with zero attached hydrogens (tertiary/aromatic N) is 2. The quantitative estimate of drug-likeness (QED) is 0.880. The highest BCUT2D eigenvalue weighted by atomic mass is 16.5. The lowest BCUT2D eigenvalue weighted by atomic mass is 10.3. The predicted octanol–water partition coefficient (Wildman–Crippen LogP) is 2.82. The van der Waals surface area contributed by atoms with E-state index >= 15 is 0 Å². The molecule has 0 aliphatic rings. The minimum Gasteiger partial charge on any atom is -0.491 e. The number of rotatable bonds is 5. The first-order valence-corrected chi connectivity index (χ1v) is 6.11. The van der Waals surface area contributed by atoms with E-state index in [-0.39, 0.29) is 6.10 Å². The van der Waals surface area contributed by atoms with E-state index in [0.29, 0.717) is 0 Å². The molecule has 0 spiro atoms. The molecule has 0 aliphatic heterocycles. The van der Waals surface area contributed by atoms with E-state index in [1.807, 2.05) is 55.9 Å². The molecule has 4 heteroatoms. The fourth-order valence-corrected chi connectivity index (χ4v) is 1.67. The maximum Gasteiger partial charge on any atom is 0.119 e. The Balaban J connectivity index is 1.92. The zero-order valence-corrected chi connectivity index (χ0v) is 11.1. The van der Waals surface area contributed by atoms with Crippen molar-refractivity contribution in [3.8, 4) is 5.75 Å². The van der Waals surface area contributed by atoms with Gasteiger partial charge in [-0.1, -0.05) is 0 Å². The van der Waals surface area contributed by atoms with Gasteiger partial charge in [0.25, 0.3) is 0 Å². The van der Waals surface area contributed by atoms with Crippen LogP contribution in [0.3, 0.4) is 0 Å². The van der Waals surface area contributed by atoms with E-state index in [9.17, 15) is 0 Å². The molecule has 1 aromatic carbocycles. The van der Waals surface area contributed by atoms with Gasteiger partial charge in [-0.2, -0.15) is 0 Å². The van der Waals surface area contributed by atoms with E-state index in [4.69, 9.17) is 4.74 Å². The summed E-state index contributed by atoms with van der Waals surface area (Å²) in [6.45, 7) is 4.81. The Morgan fingerprint density at radius 2 is 2.00 bits per heavy atom. The van der Waals surface area contributed by atoms with Crippen LogP contribution in [0, 0.1) is 0 Å². The average Bonchev–Trinajstić information content (AvgIpc) is 2.73. The Morgan fingerprint density at radius 3 is 2.56 bits per heavy atom. The first-order valence-electron chi connectivity index (χ1n) is 6.11. The molecule has 0 unspecified atom stereocenters. The van der Waals surface area contributed by atoms with E-state index in [0.717, 1.165) is 23.7 Å². The predicted molar refractivity (Wildman–Crippen MR) is 72.7 cm³/mol.